The van der Waals surface area contributed by atoms with Crippen LogP contribution in [0.5, 0.6) is 0 Å². The predicted molar refractivity (Wildman–Crippen MR) is 97.3 cm³/mol. The van der Waals surface area contributed by atoms with Crippen molar-refractivity contribution in [2.45, 2.75) is 6.54 Å². The zero-order valence-electron chi connectivity index (χ0n) is 13.8. The highest BCUT2D eigenvalue weighted by atomic mass is 19.1. The highest BCUT2D eigenvalue weighted by Crippen LogP contribution is 2.26. The van der Waals surface area contributed by atoms with Crippen LogP contribution in [0, 0.1) is 11.6 Å². The van der Waals surface area contributed by atoms with Crippen molar-refractivity contribution < 1.29 is 13.6 Å². The molecule has 0 spiro atoms. The lowest BCUT2D eigenvalue weighted by Gasteiger charge is -2.06. The van der Waals surface area contributed by atoms with Gasteiger partial charge in [0.15, 0.2) is 5.78 Å². The lowest BCUT2D eigenvalue weighted by molar-refractivity contribution is 0.103. The molecule has 128 valence electrons. The van der Waals surface area contributed by atoms with Crippen LogP contribution in [0.1, 0.15) is 21.5 Å². The number of fused-ring (bicyclic) bond motifs is 1. The van der Waals surface area contributed by atoms with Crippen LogP contribution in [-0.4, -0.2) is 10.4 Å². The number of nitrogens with zero attached hydrogens (tertiary/aromatic N) is 1. The van der Waals surface area contributed by atoms with Crippen LogP contribution in [0.25, 0.3) is 10.9 Å². The summed E-state index contributed by atoms with van der Waals surface area (Å²) in [4.78, 5) is 12.9. The van der Waals surface area contributed by atoms with E-state index in [1.54, 1.807) is 36.5 Å². The molecule has 0 unspecified atom stereocenters. The van der Waals surface area contributed by atoms with E-state index < -0.39 is 5.82 Å². The van der Waals surface area contributed by atoms with Crippen molar-refractivity contribution in [3.63, 3.8) is 0 Å². The number of carbonyl (C=O) groups is 1. The topological polar surface area (TPSA) is 22.0 Å². The van der Waals surface area contributed by atoms with Crippen molar-refractivity contribution in [3.8, 4) is 0 Å². The van der Waals surface area contributed by atoms with Crippen LogP contribution in [0.3, 0.4) is 0 Å². The fraction of sp³-hybridized carbons (Fsp3) is 0.0455. The minimum atomic E-state index is -0.552. The molecule has 4 aromatic rings. The smallest absolute Gasteiger partial charge is 0.198 e. The number of halogens is 2. The molecule has 0 aliphatic carbocycles. The van der Waals surface area contributed by atoms with Crippen LogP contribution in [-0.2, 0) is 6.54 Å². The van der Waals surface area contributed by atoms with E-state index in [0.717, 1.165) is 10.9 Å². The Hall–Kier alpha value is -3.27. The van der Waals surface area contributed by atoms with Crippen LogP contribution in [0.2, 0.25) is 0 Å². The molecule has 0 atom stereocenters. The Morgan fingerprint density at radius 1 is 0.769 bits per heavy atom. The summed E-state index contributed by atoms with van der Waals surface area (Å²) in [5, 5.41) is 0.720. The van der Waals surface area contributed by atoms with Crippen molar-refractivity contribution in [1.82, 2.24) is 4.57 Å². The maximum absolute atomic E-state index is 14.1. The highest BCUT2D eigenvalue weighted by Gasteiger charge is 2.19. The van der Waals surface area contributed by atoms with Gasteiger partial charge in [-0.05, 0) is 24.3 Å². The average molecular weight is 347 g/mol. The molecule has 1 heterocycles. The van der Waals surface area contributed by atoms with Gasteiger partial charge in [-0.2, -0.15) is 0 Å². The van der Waals surface area contributed by atoms with Crippen LogP contribution >= 0.6 is 0 Å². The van der Waals surface area contributed by atoms with E-state index >= 15 is 0 Å². The molecule has 0 bridgehead atoms. The van der Waals surface area contributed by atoms with Gasteiger partial charge in [0, 0.05) is 28.2 Å². The summed E-state index contributed by atoms with van der Waals surface area (Å²) < 4.78 is 29.9. The average Bonchev–Trinajstić information content (AvgIpc) is 3.02. The third kappa shape index (κ3) is 2.80. The number of hydrogen-bond acceptors (Lipinski definition) is 1. The van der Waals surface area contributed by atoms with Gasteiger partial charge in [-0.1, -0.05) is 48.5 Å². The molecule has 4 heteroatoms. The molecule has 0 aliphatic rings. The maximum Gasteiger partial charge on any atom is 0.198 e. The first-order valence-electron chi connectivity index (χ1n) is 8.25. The summed E-state index contributed by atoms with van der Waals surface area (Å²) in [7, 11) is 0. The van der Waals surface area contributed by atoms with Crippen LogP contribution < -0.4 is 0 Å². The summed E-state index contributed by atoms with van der Waals surface area (Å²) in [6, 6.07) is 19.8. The van der Waals surface area contributed by atoms with Crippen molar-refractivity contribution in [1.29, 1.82) is 0 Å². The fourth-order valence-corrected chi connectivity index (χ4v) is 3.16. The van der Waals surface area contributed by atoms with Gasteiger partial charge in [-0.15, -0.1) is 0 Å². The van der Waals surface area contributed by atoms with Gasteiger partial charge in [-0.3, -0.25) is 4.79 Å². The van der Waals surface area contributed by atoms with Crippen molar-refractivity contribution >= 4 is 16.7 Å². The number of carbonyl (C=O) groups excluding carboxylic acids is 1. The predicted octanol–water partition coefficient (Wildman–Crippen LogP) is 5.20. The Kier molecular flexibility index (Phi) is 4.09. The Bertz CT molecular complexity index is 1110. The number of benzene rings is 3. The largest absolute Gasteiger partial charge is 0.342 e. The molecule has 2 nitrogen and oxygen atoms in total. The Morgan fingerprint density at radius 2 is 1.42 bits per heavy atom. The van der Waals surface area contributed by atoms with E-state index in [0.29, 0.717) is 11.1 Å². The summed E-state index contributed by atoms with van der Waals surface area (Å²) in [5.41, 5.74) is 1.76. The first-order valence-corrected chi connectivity index (χ1v) is 8.25. The summed E-state index contributed by atoms with van der Waals surface area (Å²) in [5.74, 6) is -1.23. The Balaban J connectivity index is 1.83. The zero-order chi connectivity index (χ0) is 18.1. The molecule has 1 aromatic heterocycles. The standard InChI is InChI=1S/C22H15F2NO/c23-19-10-4-1-7-15(19)13-25-14-18(16-8-3-6-12-21(16)25)22(26)17-9-2-5-11-20(17)24/h1-12,14H,13H2. The number of ketones is 1. The third-order valence-corrected chi connectivity index (χ3v) is 4.45. The van der Waals surface area contributed by atoms with Crippen molar-refractivity contribution in [2.24, 2.45) is 0 Å². The zero-order valence-corrected chi connectivity index (χ0v) is 13.8. The quantitative estimate of drug-likeness (QED) is 0.465. The van der Waals surface area contributed by atoms with E-state index in [2.05, 4.69) is 0 Å². The molecule has 0 saturated carbocycles. The van der Waals surface area contributed by atoms with Gasteiger partial charge in [0.2, 0.25) is 0 Å². The molecule has 0 amide bonds. The molecule has 4 rings (SSSR count). The number of hydrogen-bond donors (Lipinski definition) is 0. The summed E-state index contributed by atoms with van der Waals surface area (Å²) in [6.07, 6.45) is 1.67. The lowest BCUT2D eigenvalue weighted by atomic mass is 10.0. The second-order valence-corrected chi connectivity index (χ2v) is 6.09. The van der Waals surface area contributed by atoms with Gasteiger partial charge in [0.1, 0.15) is 11.6 Å². The summed E-state index contributed by atoms with van der Waals surface area (Å²) >= 11 is 0. The SMILES string of the molecule is O=C(c1ccccc1F)c1cn(Cc2ccccc2F)c2ccccc12. The fourth-order valence-electron chi connectivity index (χ4n) is 3.16. The molecule has 0 fully saturated rings. The van der Waals surface area contributed by atoms with Crippen LogP contribution in [0.15, 0.2) is 79.0 Å². The molecule has 0 N–H and O–H groups in total. The Morgan fingerprint density at radius 3 is 2.19 bits per heavy atom. The van der Waals surface area contributed by atoms with E-state index in [1.165, 1.54) is 18.2 Å². The number of rotatable bonds is 4. The van der Waals surface area contributed by atoms with E-state index in [1.807, 2.05) is 28.8 Å². The molecule has 0 radical (unpaired) electrons. The molecular weight excluding hydrogens is 332 g/mol. The monoisotopic (exact) mass is 347 g/mol. The Labute approximate surface area is 149 Å². The van der Waals surface area contributed by atoms with Crippen molar-refractivity contribution in [3.05, 3.63) is 107 Å². The number of aromatic nitrogens is 1. The molecule has 0 aliphatic heterocycles. The lowest BCUT2D eigenvalue weighted by Crippen LogP contribution is -2.04. The first-order chi connectivity index (χ1) is 12.6. The second-order valence-electron chi connectivity index (χ2n) is 6.09. The normalized spacial score (nSPS) is 11.0. The second kappa shape index (κ2) is 6.56. The van der Waals surface area contributed by atoms with E-state index in [9.17, 15) is 13.6 Å². The van der Waals surface area contributed by atoms with E-state index in [-0.39, 0.29) is 23.7 Å². The first kappa shape index (κ1) is 16.2. The number of para-hydroxylation sites is 1. The maximum atomic E-state index is 14.1. The van der Waals surface area contributed by atoms with Gasteiger partial charge >= 0.3 is 0 Å². The van der Waals surface area contributed by atoms with Crippen LogP contribution in [0.4, 0.5) is 8.78 Å². The van der Waals surface area contributed by atoms with Gasteiger partial charge in [-0.25, -0.2) is 8.78 Å². The summed E-state index contributed by atoms with van der Waals surface area (Å²) in [6.45, 7) is 0.289. The highest BCUT2D eigenvalue weighted by molar-refractivity contribution is 6.16. The minimum absolute atomic E-state index is 0.0290. The molecule has 26 heavy (non-hydrogen) atoms. The third-order valence-electron chi connectivity index (χ3n) is 4.45. The van der Waals surface area contributed by atoms with Gasteiger partial charge in [0.25, 0.3) is 0 Å². The molecular formula is C22H15F2NO. The van der Waals surface area contributed by atoms with Gasteiger partial charge < -0.3 is 4.57 Å². The minimum Gasteiger partial charge on any atom is -0.342 e. The van der Waals surface area contributed by atoms with Gasteiger partial charge in [0.05, 0.1) is 12.1 Å². The molecule has 0 saturated heterocycles. The van der Waals surface area contributed by atoms with E-state index in [4.69, 9.17) is 0 Å². The molecule has 3 aromatic carbocycles. The van der Waals surface area contributed by atoms with Crippen molar-refractivity contribution in [2.75, 3.05) is 0 Å².